The molecule has 0 fully saturated rings. The highest BCUT2D eigenvalue weighted by Gasteiger charge is 2.34. The zero-order valence-electron chi connectivity index (χ0n) is 16.9. The lowest BCUT2D eigenvalue weighted by atomic mass is 10.1. The molecule has 2 N–H and O–H groups in total. The fourth-order valence-corrected chi connectivity index (χ4v) is 3.11. The summed E-state index contributed by atoms with van der Waals surface area (Å²) in [6.07, 6.45) is -4.58. The maximum atomic E-state index is 13.6. The minimum atomic E-state index is -4.58. The van der Waals surface area contributed by atoms with Crippen LogP contribution in [0.25, 0.3) is 5.69 Å². The normalized spacial score (nSPS) is 11.1. The first-order valence-corrected chi connectivity index (χ1v) is 9.42. The number of halogens is 3. The van der Waals surface area contributed by atoms with Crippen LogP contribution in [-0.4, -0.2) is 22.2 Å². The molecule has 9 heteroatoms. The van der Waals surface area contributed by atoms with Crippen molar-refractivity contribution in [1.29, 1.82) is 5.26 Å². The molecular weight excluding hydrogens is 407 g/mol. The van der Waals surface area contributed by atoms with E-state index in [-0.39, 0.29) is 18.7 Å². The zero-order valence-corrected chi connectivity index (χ0v) is 16.9. The fraction of sp³-hybridized carbons (Fsp3) is 0.227. The highest BCUT2D eigenvalue weighted by atomic mass is 19.4. The first-order valence-electron chi connectivity index (χ1n) is 9.42. The van der Waals surface area contributed by atoms with E-state index in [2.05, 4.69) is 15.7 Å². The molecule has 3 rings (SSSR count). The van der Waals surface area contributed by atoms with Gasteiger partial charge in [-0.2, -0.15) is 23.5 Å². The first-order chi connectivity index (χ1) is 14.7. The van der Waals surface area contributed by atoms with Crippen LogP contribution in [0, 0.1) is 25.2 Å². The quantitative estimate of drug-likeness (QED) is 0.620. The summed E-state index contributed by atoms with van der Waals surface area (Å²) in [6.45, 7) is 3.16. The highest BCUT2D eigenvalue weighted by Crippen LogP contribution is 2.33. The second kappa shape index (κ2) is 8.92. The molecule has 0 atom stereocenters. The average molecular weight is 427 g/mol. The number of hydrogen-bond acceptors (Lipinski definition) is 4. The fourth-order valence-electron chi connectivity index (χ4n) is 3.11. The van der Waals surface area contributed by atoms with E-state index in [1.54, 1.807) is 50.2 Å². The van der Waals surface area contributed by atoms with E-state index in [0.717, 1.165) is 11.8 Å². The SMILES string of the molecule is Cc1cc(C)n(-c2ccc(CNC(=O)CNc3ccc(C#N)cc3)c(C(F)(F)F)c2)n1. The third kappa shape index (κ3) is 5.42. The van der Waals surface area contributed by atoms with Crippen molar-refractivity contribution >= 4 is 11.6 Å². The number of aryl methyl sites for hydroxylation is 2. The molecule has 2 aromatic carbocycles. The van der Waals surface area contributed by atoms with Crippen molar-refractivity contribution in [2.75, 3.05) is 11.9 Å². The summed E-state index contributed by atoms with van der Waals surface area (Å²) < 4.78 is 42.3. The summed E-state index contributed by atoms with van der Waals surface area (Å²) in [7, 11) is 0. The van der Waals surface area contributed by atoms with Crippen LogP contribution >= 0.6 is 0 Å². The van der Waals surface area contributed by atoms with Gasteiger partial charge in [-0.1, -0.05) is 6.07 Å². The van der Waals surface area contributed by atoms with Crippen LogP contribution in [0.5, 0.6) is 0 Å². The van der Waals surface area contributed by atoms with E-state index in [9.17, 15) is 18.0 Å². The molecule has 0 aliphatic heterocycles. The van der Waals surface area contributed by atoms with Gasteiger partial charge in [-0.25, -0.2) is 4.68 Å². The topological polar surface area (TPSA) is 82.7 Å². The predicted octanol–water partition coefficient (Wildman–Crippen LogP) is 4.11. The van der Waals surface area contributed by atoms with Crippen molar-refractivity contribution in [2.24, 2.45) is 0 Å². The molecule has 0 radical (unpaired) electrons. The Morgan fingerprint density at radius 3 is 2.42 bits per heavy atom. The van der Waals surface area contributed by atoms with Gasteiger partial charge in [0.2, 0.25) is 5.91 Å². The number of anilines is 1. The van der Waals surface area contributed by atoms with Gasteiger partial charge >= 0.3 is 6.18 Å². The monoisotopic (exact) mass is 427 g/mol. The van der Waals surface area contributed by atoms with E-state index in [1.807, 2.05) is 6.07 Å². The molecule has 0 saturated heterocycles. The van der Waals surface area contributed by atoms with Crippen LogP contribution in [0.15, 0.2) is 48.5 Å². The third-order valence-corrected chi connectivity index (χ3v) is 4.60. The summed E-state index contributed by atoms with van der Waals surface area (Å²) >= 11 is 0. The summed E-state index contributed by atoms with van der Waals surface area (Å²) in [5, 5.41) is 18.4. The van der Waals surface area contributed by atoms with Crippen LogP contribution < -0.4 is 10.6 Å². The van der Waals surface area contributed by atoms with Crippen LogP contribution in [0.4, 0.5) is 18.9 Å². The molecule has 1 aromatic heterocycles. The zero-order chi connectivity index (χ0) is 22.6. The van der Waals surface area contributed by atoms with Gasteiger partial charge in [-0.05, 0) is 61.9 Å². The summed E-state index contributed by atoms with van der Waals surface area (Å²) in [4.78, 5) is 12.1. The first kappa shape index (κ1) is 21.9. The molecule has 0 saturated carbocycles. The van der Waals surface area contributed by atoms with Gasteiger partial charge in [0.15, 0.2) is 0 Å². The molecule has 160 valence electrons. The molecule has 0 spiro atoms. The average Bonchev–Trinajstić information content (AvgIpc) is 3.08. The number of aromatic nitrogens is 2. The van der Waals surface area contributed by atoms with Crippen molar-refractivity contribution in [3.63, 3.8) is 0 Å². The minimum Gasteiger partial charge on any atom is -0.376 e. The smallest absolute Gasteiger partial charge is 0.376 e. The number of amides is 1. The highest BCUT2D eigenvalue weighted by molar-refractivity contribution is 5.80. The van der Waals surface area contributed by atoms with Crippen LogP contribution in [0.3, 0.4) is 0 Å². The summed E-state index contributed by atoms with van der Waals surface area (Å²) in [5.41, 5.74) is 1.98. The van der Waals surface area contributed by atoms with E-state index in [0.29, 0.717) is 22.6 Å². The molecule has 31 heavy (non-hydrogen) atoms. The van der Waals surface area contributed by atoms with Crippen LogP contribution in [-0.2, 0) is 17.5 Å². The third-order valence-electron chi connectivity index (χ3n) is 4.60. The molecule has 0 aliphatic rings. The number of rotatable bonds is 6. The van der Waals surface area contributed by atoms with Gasteiger partial charge in [-0.15, -0.1) is 0 Å². The molecule has 6 nitrogen and oxygen atoms in total. The molecule has 0 unspecified atom stereocenters. The molecule has 3 aromatic rings. The summed E-state index contributed by atoms with van der Waals surface area (Å²) in [5.74, 6) is -0.458. The van der Waals surface area contributed by atoms with Crippen molar-refractivity contribution in [3.05, 3.63) is 76.6 Å². The Labute approximate surface area is 177 Å². The molecule has 0 bridgehead atoms. The van der Waals surface area contributed by atoms with Crippen molar-refractivity contribution < 1.29 is 18.0 Å². The lowest BCUT2D eigenvalue weighted by Gasteiger charge is -2.16. The van der Waals surface area contributed by atoms with E-state index < -0.39 is 17.6 Å². The maximum Gasteiger partial charge on any atom is 0.416 e. The Balaban J connectivity index is 1.69. The lowest BCUT2D eigenvalue weighted by Crippen LogP contribution is -2.30. The number of nitriles is 1. The summed E-state index contributed by atoms with van der Waals surface area (Å²) in [6, 6.07) is 14.2. The van der Waals surface area contributed by atoms with Crippen molar-refractivity contribution in [3.8, 4) is 11.8 Å². The van der Waals surface area contributed by atoms with E-state index in [1.165, 1.54) is 10.7 Å². The minimum absolute atomic E-state index is 0.0375. The van der Waals surface area contributed by atoms with Gasteiger partial charge in [0, 0.05) is 17.9 Å². The number of nitrogens with zero attached hydrogens (tertiary/aromatic N) is 3. The van der Waals surface area contributed by atoms with Crippen LogP contribution in [0.1, 0.15) is 28.1 Å². The van der Waals surface area contributed by atoms with Gasteiger partial charge < -0.3 is 10.6 Å². The Kier molecular flexibility index (Phi) is 6.30. The molecular formula is C22H20F3N5O. The van der Waals surface area contributed by atoms with Gasteiger partial charge in [0.25, 0.3) is 0 Å². The molecule has 1 heterocycles. The van der Waals surface area contributed by atoms with Gasteiger partial charge in [0.1, 0.15) is 0 Å². The van der Waals surface area contributed by atoms with Crippen LogP contribution in [0.2, 0.25) is 0 Å². The number of nitrogens with one attached hydrogen (secondary N) is 2. The van der Waals surface area contributed by atoms with Gasteiger partial charge in [0.05, 0.1) is 35.1 Å². The number of benzene rings is 2. The Bertz CT molecular complexity index is 1130. The number of carbonyl (C=O) groups excluding carboxylic acids is 1. The van der Waals surface area contributed by atoms with E-state index in [4.69, 9.17) is 5.26 Å². The van der Waals surface area contributed by atoms with Crippen molar-refractivity contribution in [2.45, 2.75) is 26.6 Å². The largest absolute Gasteiger partial charge is 0.416 e. The van der Waals surface area contributed by atoms with E-state index >= 15 is 0 Å². The van der Waals surface area contributed by atoms with Crippen molar-refractivity contribution in [1.82, 2.24) is 15.1 Å². The molecule has 1 amide bonds. The predicted molar refractivity (Wildman–Crippen MR) is 110 cm³/mol. The maximum absolute atomic E-state index is 13.6. The molecule has 0 aliphatic carbocycles. The lowest BCUT2D eigenvalue weighted by molar-refractivity contribution is -0.138. The Morgan fingerprint density at radius 1 is 1.13 bits per heavy atom. The second-order valence-electron chi connectivity index (χ2n) is 7.00. The van der Waals surface area contributed by atoms with Gasteiger partial charge in [-0.3, -0.25) is 4.79 Å². The second-order valence-corrected chi connectivity index (χ2v) is 7.00. The number of alkyl halides is 3. The Hall–Kier alpha value is -3.80. The Morgan fingerprint density at radius 2 is 1.84 bits per heavy atom. The standard InChI is InChI=1S/C22H20F3N5O/c1-14-9-15(2)30(29-14)19-8-5-17(20(10-19)22(23,24)25)12-28-21(31)13-27-18-6-3-16(11-26)4-7-18/h3-10,27H,12-13H2,1-2H3,(H,28,31). The number of hydrogen-bond donors (Lipinski definition) is 2. The number of carbonyl (C=O) groups is 1.